The first kappa shape index (κ1) is 29.2. The molecule has 0 aliphatic rings. The van der Waals surface area contributed by atoms with Crippen LogP contribution in [0.15, 0.2) is 30.5 Å². The number of carboxylic acids is 1. The zero-order chi connectivity index (χ0) is 26.8. The third-order valence-electron chi connectivity index (χ3n) is 5.77. The fourth-order valence-corrected chi connectivity index (χ4v) is 4.27. The van der Waals surface area contributed by atoms with Gasteiger partial charge in [0.05, 0.1) is 6.04 Å². The largest absolute Gasteiger partial charge is 0.480 e. The monoisotopic (exact) mass is 519 g/mol. The molecule has 1 aromatic heterocycles. The molecule has 0 aliphatic heterocycles. The quantitative estimate of drug-likeness (QED) is 0.219. The second-order valence-electron chi connectivity index (χ2n) is 9.27. The molecule has 0 spiro atoms. The predicted molar refractivity (Wildman–Crippen MR) is 142 cm³/mol. The fourth-order valence-electron chi connectivity index (χ4n) is 3.79. The van der Waals surface area contributed by atoms with Crippen molar-refractivity contribution >= 4 is 46.4 Å². The highest BCUT2D eigenvalue weighted by Crippen LogP contribution is 2.19. The Labute approximate surface area is 215 Å². The van der Waals surface area contributed by atoms with Gasteiger partial charge in [-0.15, -0.1) is 0 Å². The van der Waals surface area contributed by atoms with Crippen molar-refractivity contribution in [1.82, 2.24) is 20.9 Å². The number of nitrogens with one attached hydrogen (secondary N) is 4. The summed E-state index contributed by atoms with van der Waals surface area (Å²) in [5.41, 5.74) is 7.52. The Balaban J connectivity index is 2.06. The molecule has 10 nitrogen and oxygen atoms in total. The van der Waals surface area contributed by atoms with Crippen LogP contribution < -0.4 is 21.7 Å². The van der Waals surface area contributed by atoms with E-state index in [9.17, 15) is 24.3 Å². The van der Waals surface area contributed by atoms with Gasteiger partial charge < -0.3 is 31.8 Å². The maximum atomic E-state index is 13.1. The van der Waals surface area contributed by atoms with Crippen LogP contribution in [0, 0.1) is 5.92 Å². The first-order valence-corrected chi connectivity index (χ1v) is 13.4. The van der Waals surface area contributed by atoms with Crippen molar-refractivity contribution in [2.45, 2.75) is 64.2 Å². The summed E-state index contributed by atoms with van der Waals surface area (Å²) in [6.45, 7) is 5.40. The lowest BCUT2D eigenvalue weighted by molar-refractivity contribution is -0.142. The van der Waals surface area contributed by atoms with Gasteiger partial charge in [-0.05, 0) is 49.3 Å². The normalized spacial score (nSPS) is 14.6. The number of aromatic amines is 1. The molecule has 0 aliphatic carbocycles. The molecule has 0 fully saturated rings. The number of amides is 3. The summed E-state index contributed by atoms with van der Waals surface area (Å²) in [5.74, 6) is -1.98. The number of nitrogens with two attached hydrogens (primary N) is 1. The molecule has 4 atom stereocenters. The van der Waals surface area contributed by atoms with Gasteiger partial charge in [0.25, 0.3) is 0 Å². The van der Waals surface area contributed by atoms with Crippen molar-refractivity contribution in [3.05, 3.63) is 36.0 Å². The maximum Gasteiger partial charge on any atom is 0.326 e. The number of benzene rings is 1. The van der Waals surface area contributed by atoms with E-state index in [1.54, 1.807) is 6.20 Å². The van der Waals surface area contributed by atoms with Crippen molar-refractivity contribution in [3.63, 3.8) is 0 Å². The number of fused-ring (bicyclic) bond motifs is 1. The third-order valence-corrected chi connectivity index (χ3v) is 6.42. The third kappa shape index (κ3) is 8.56. The molecular weight excluding hydrogens is 482 g/mol. The minimum absolute atomic E-state index is 0.0779. The predicted octanol–water partition coefficient (Wildman–Crippen LogP) is 1.40. The molecule has 0 bridgehead atoms. The molecule has 7 N–H and O–H groups in total. The molecule has 3 amide bonds. The van der Waals surface area contributed by atoms with Crippen LogP contribution in [0.25, 0.3) is 10.9 Å². The molecular formula is C25H37N5O5S. The zero-order valence-corrected chi connectivity index (χ0v) is 22.0. The number of rotatable bonds is 14. The van der Waals surface area contributed by atoms with E-state index in [-0.39, 0.29) is 12.3 Å². The summed E-state index contributed by atoms with van der Waals surface area (Å²) in [4.78, 5) is 53.1. The summed E-state index contributed by atoms with van der Waals surface area (Å²) < 4.78 is 0. The Bertz CT molecular complexity index is 1060. The molecule has 36 heavy (non-hydrogen) atoms. The number of carbonyl (C=O) groups excluding carboxylic acids is 3. The van der Waals surface area contributed by atoms with Crippen molar-refractivity contribution in [2.75, 3.05) is 12.0 Å². The SMILES string of the molecule is CSCCC(NC(=O)C(C)NC(=O)C(N)CC(C)C)C(=O)NC(Cc1c[nH]c2ccccc12)C(=O)O. The highest BCUT2D eigenvalue weighted by molar-refractivity contribution is 7.98. The van der Waals surface area contributed by atoms with E-state index in [1.165, 1.54) is 18.7 Å². The number of thioether (sulfide) groups is 1. The number of hydrogen-bond acceptors (Lipinski definition) is 6. The minimum Gasteiger partial charge on any atom is -0.480 e. The summed E-state index contributed by atoms with van der Waals surface area (Å²) in [6, 6.07) is 3.70. The van der Waals surface area contributed by atoms with Crippen LogP contribution in [-0.4, -0.2) is 70.0 Å². The molecule has 0 saturated heterocycles. The Hall–Kier alpha value is -3.05. The van der Waals surface area contributed by atoms with Gasteiger partial charge in [-0.1, -0.05) is 32.0 Å². The van der Waals surface area contributed by atoms with E-state index in [2.05, 4.69) is 20.9 Å². The summed E-state index contributed by atoms with van der Waals surface area (Å²) in [5, 5.41) is 18.4. The standard InChI is InChI=1S/C25H37N5O5S/c1-14(2)11-18(26)23(32)28-15(3)22(31)29-20(9-10-36-4)24(33)30-21(25(34)35)12-16-13-27-19-8-6-5-7-17(16)19/h5-8,13-15,18,20-21,27H,9-12,26H2,1-4H3,(H,28,32)(H,29,31)(H,30,33)(H,34,35). The summed E-state index contributed by atoms with van der Waals surface area (Å²) >= 11 is 1.50. The Morgan fingerprint density at radius 2 is 1.67 bits per heavy atom. The number of H-pyrrole nitrogens is 1. The Morgan fingerprint density at radius 3 is 2.31 bits per heavy atom. The van der Waals surface area contributed by atoms with Crippen molar-refractivity contribution in [1.29, 1.82) is 0 Å². The van der Waals surface area contributed by atoms with Gasteiger partial charge in [0.15, 0.2) is 0 Å². The number of aromatic nitrogens is 1. The van der Waals surface area contributed by atoms with Crippen LogP contribution >= 0.6 is 11.8 Å². The van der Waals surface area contributed by atoms with Gasteiger partial charge in [0.1, 0.15) is 18.1 Å². The first-order valence-electron chi connectivity index (χ1n) is 12.0. The maximum absolute atomic E-state index is 13.1. The van der Waals surface area contributed by atoms with Crippen molar-refractivity contribution < 1.29 is 24.3 Å². The summed E-state index contributed by atoms with van der Waals surface area (Å²) in [7, 11) is 0. The van der Waals surface area contributed by atoms with Crippen LogP contribution in [0.1, 0.15) is 39.2 Å². The van der Waals surface area contributed by atoms with Gasteiger partial charge in [0, 0.05) is 23.5 Å². The molecule has 4 unspecified atom stereocenters. The first-order chi connectivity index (χ1) is 17.0. The van der Waals surface area contributed by atoms with Gasteiger partial charge in [-0.25, -0.2) is 4.79 Å². The molecule has 0 radical (unpaired) electrons. The molecule has 198 valence electrons. The lowest BCUT2D eigenvalue weighted by atomic mass is 10.0. The van der Waals surface area contributed by atoms with E-state index in [1.807, 2.05) is 44.4 Å². The average molecular weight is 520 g/mol. The van der Waals surface area contributed by atoms with Crippen LogP contribution in [0.4, 0.5) is 0 Å². The van der Waals surface area contributed by atoms with Crippen LogP contribution in [0.3, 0.4) is 0 Å². The Morgan fingerprint density at radius 1 is 1.00 bits per heavy atom. The van der Waals surface area contributed by atoms with E-state index < -0.39 is 47.9 Å². The molecule has 2 rings (SSSR count). The number of hydrogen-bond donors (Lipinski definition) is 6. The highest BCUT2D eigenvalue weighted by atomic mass is 32.2. The summed E-state index contributed by atoms with van der Waals surface area (Å²) in [6.07, 6.45) is 4.45. The fraction of sp³-hybridized carbons (Fsp3) is 0.520. The van der Waals surface area contributed by atoms with Crippen LogP contribution in [0.2, 0.25) is 0 Å². The van der Waals surface area contributed by atoms with Gasteiger partial charge >= 0.3 is 5.97 Å². The van der Waals surface area contributed by atoms with Gasteiger partial charge in [-0.2, -0.15) is 11.8 Å². The van der Waals surface area contributed by atoms with E-state index in [4.69, 9.17) is 5.73 Å². The van der Waals surface area contributed by atoms with Crippen molar-refractivity contribution in [2.24, 2.45) is 11.7 Å². The molecule has 0 saturated carbocycles. The zero-order valence-electron chi connectivity index (χ0n) is 21.2. The lowest BCUT2D eigenvalue weighted by Crippen LogP contribution is -2.56. The molecule has 11 heteroatoms. The average Bonchev–Trinajstić information content (AvgIpc) is 3.23. The number of carboxylic acid groups (broad SMARTS) is 1. The second kappa shape index (κ2) is 13.9. The number of aliphatic carboxylic acids is 1. The topological polar surface area (TPSA) is 166 Å². The van der Waals surface area contributed by atoms with E-state index in [0.717, 1.165) is 16.5 Å². The molecule has 2 aromatic rings. The van der Waals surface area contributed by atoms with Crippen LogP contribution in [0.5, 0.6) is 0 Å². The molecule has 1 heterocycles. The van der Waals surface area contributed by atoms with E-state index >= 15 is 0 Å². The van der Waals surface area contributed by atoms with Crippen LogP contribution in [-0.2, 0) is 25.6 Å². The van der Waals surface area contributed by atoms with Crippen molar-refractivity contribution in [3.8, 4) is 0 Å². The molecule has 1 aromatic carbocycles. The smallest absolute Gasteiger partial charge is 0.326 e. The number of carbonyl (C=O) groups is 4. The lowest BCUT2D eigenvalue weighted by Gasteiger charge is -2.24. The highest BCUT2D eigenvalue weighted by Gasteiger charge is 2.29. The second-order valence-corrected chi connectivity index (χ2v) is 10.3. The van der Waals surface area contributed by atoms with E-state index in [0.29, 0.717) is 18.6 Å². The van der Waals surface area contributed by atoms with Gasteiger partial charge in [0.2, 0.25) is 17.7 Å². The van der Waals surface area contributed by atoms with Gasteiger partial charge in [-0.3, -0.25) is 14.4 Å². The number of para-hydroxylation sites is 1. The minimum atomic E-state index is -1.18. The Kier molecular flexibility index (Phi) is 11.3.